The van der Waals surface area contributed by atoms with Crippen LogP contribution in [-0.4, -0.2) is 68.0 Å². The largest absolute Gasteiger partial charge is 0.368 e. The number of aryl methyl sites for hydroxylation is 1. The second-order valence-electron chi connectivity index (χ2n) is 9.67. The smallest absolute Gasteiger partial charge is 0.248 e. The van der Waals surface area contributed by atoms with Crippen LogP contribution < -0.4 is 4.90 Å². The highest BCUT2D eigenvalue weighted by Gasteiger charge is 2.38. The Morgan fingerprint density at radius 1 is 1.00 bits per heavy atom. The molecule has 2 fully saturated rings. The Morgan fingerprint density at radius 2 is 1.71 bits per heavy atom. The number of carbonyl (C=O) groups excluding carboxylic acids is 1. The molecule has 0 radical (unpaired) electrons. The number of nitrogens with zero attached hydrogens (tertiary/aromatic N) is 4. The highest BCUT2D eigenvalue weighted by Crippen LogP contribution is 2.30. The maximum Gasteiger partial charge on any atom is 0.248 e. The molecule has 3 heterocycles. The van der Waals surface area contributed by atoms with E-state index in [1.54, 1.807) is 25.1 Å². The first-order valence-electron chi connectivity index (χ1n) is 12.8. The second-order valence-corrected chi connectivity index (χ2v) is 11.5. The number of benzene rings is 2. The summed E-state index contributed by atoms with van der Waals surface area (Å²) in [5, 5.41) is 3.87. The maximum absolute atomic E-state index is 14.0. The number of piperazine rings is 1. The van der Waals surface area contributed by atoms with Crippen LogP contribution in [0.5, 0.6) is 0 Å². The summed E-state index contributed by atoms with van der Waals surface area (Å²) in [6, 6.07) is 16.3. The third-order valence-corrected chi connectivity index (χ3v) is 9.22. The fourth-order valence-corrected chi connectivity index (χ4v) is 6.92. The number of hydrogen-bond donors (Lipinski definition) is 0. The Kier molecular flexibility index (Phi) is 7.62. The molecule has 200 valence electrons. The monoisotopic (exact) mass is 538 g/mol. The summed E-state index contributed by atoms with van der Waals surface area (Å²) in [7, 11) is -3.98. The highest BCUT2D eigenvalue weighted by atomic mass is 32.2. The molecule has 1 unspecified atom stereocenters. The third kappa shape index (κ3) is 5.37. The van der Waals surface area contributed by atoms with Gasteiger partial charge in [-0.2, -0.15) is 4.31 Å². The fraction of sp³-hybridized carbons (Fsp3) is 0.357. The van der Waals surface area contributed by atoms with Crippen LogP contribution >= 0.6 is 0 Å². The van der Waals surface area contributed by atoms with Gasteiger partial charge in [0.1, 0.15) is 11.5 Å². The van der Waals surface area contributed by atoms with Crippen molar-refractivity contribution < 1.29 is 22.1 Å². The van der Waals surface area contributed by atoms with E-state index in [1.165, 1.54) is 22.5 Å². The zero-order valence-electron chi connectivity index (χ0n) is 21.3. The van der Waals surface area contributed by atoms with Crippen LogP contribution in [0.1, 0.15) is 29.9 Å². The van der Waals surface area contributed by atoms with Gasteiger partial charge in [-0.1, -0.05) is 41.6 Å². The lowest BCUT2D eigenvalue weighted by molar-refractivity contribution is -0.137. The van der Waals surface area contributed by atoms with Gasteiger partial charge in [0, 0.05) is 50.5 Å². The molecule has 3 aromatic rings. The van der Waals surface area contributed by atoms with E-state index in [-0.39, 0.29) is 28.8 Å². The van der Waals surface area contributed by atoms with Crippen molar-refractivity contribution in [3.63, 3.8) is 0 Å². The van der Waals surface area contributed by atoms with Crippen LogP contribution in [0, 0.1) is 18.7 Å². The van der Waals surface area contributed by atoms with E-state index in [2.05, 4.69) is 22.2 Å². The highest BCUT2D eigenvalue weighted by molar-refractivity contribution is 7.89. The van der Waals surface area contributed by atoms with Gasteiger partial charge in [0.15, 0.2) is 10.7 Å². The SMILES string of the molecule is Cc1noc(C=Cc2ccccc2F)c1S(=O)(=O)N1CCCC(C(=O)N2CCN(c3ccccc3)CC2)C1. The molecule has 2 aromatic carbocycles. The number of anilines is 1. The van der Waals surface area contributed by atoms with Crippen LogP contribution in [0.15, 0.2) is 64.0 Å². The van der Waals surface area contributed by atoms with E-state index in [0.717, 1.165) is 18.8 Å². The van der Waals surface area contributed by atoms with Crippen molar-refractivity contribution in [2.45, 2.75) is 24.7 Å². The molecule has 1 aromatic heterocycles. The summed E-state index contributed by atoms with van der Waals surface area (Å²) in [5.41, 5.74) is 1.67. The lowest BCUT2D eigenvalue weighted by Gasteiger charge is -2.39. The standard InChI is InChI=1S/C28H31FN4O4S/c1-21-27(26(37-30-21)14-13-22-8-5-6-12-25(22)29)38(35,36)33-15-7-9-23(20-33)28(34)32-18-16-31(17-19-32)24-10-3-2-4-11-24/h2-6,8,10-14,23H,7,9,15-20H2,1H3. The summed E-state index contributed by atoms with van der Waals surface area (Å²) in [4.78, 5) is 17.5. The molecular formula is C28H31FN4O4S. The number of sulfonamides is 1. The van der Waals surface area contributed by atoms with E-state index in [9.17, 15) is 17.6 Å². The first-order valence-corrected chi connectivity index (χ1v) is 14.3. The molecule has 10 heteroatoms. The van der Waals surface area contributed by atoms with E-state index in [1.807, 2.05) is 23.1 Å². The molecule has 1 atom stereocenters. The molecular weight excluding hydrogens is 507 g/mol. The number of para-hydroxylation sites is 1. The Hall–Kier alpha value is -3.50. The van der Waals surface area contributed by atoms with Crippen molar-refractivity contribution in [3.05, 3.63) is 77.4 Å². The van der Waals surface area contributed by atoms with Gasteiger partial charge in [-0.3, -0.25) is 4.79 Å². The first-order chi connectivity index (χ1) is 18.3. The number of carbonyl (C=O) groups is 1. The van der Waals surface area contributed by atoms with E-state index in [0.29, 0.717) is 38.0 Å². The third-order valence-electron chi connectivity index (χ3n) is 7.20. The van der Waals surface area contributed by atoms with Gasteiger partial charge in [-0.15, -0.1) is 0 Å². The summed E-state index contributed by atoms with van der Waals surface area (Å²) in [6.07, 6.45) is 4.12. The molecule has 0 N–H and O–H groups in total. The number of piperidine rings is 1. The maximum atomic E-state index is 14.0. The zero-order valence-corrected chi connectivity index (χ0v) is 22.1. The van der Waals surface area contributed by atoms with Gasteiger partial charge in [-0.05, 0) is 50.1 Å². The molecule has 8 nitrogen and oxygen atoms in total. The van der Waals surface area contributed by atoms with Crippen LogP contribution in [-0.2, 0) is 14.8 Å². The van der Waals surface area contributed by atoms with Crippen LogP contribution in [0.4, 0.5) is 10.1 Å². The minimum Gasteiger partial charge on any atom is -0.368 e. The molecule has 5 rings (SSSR count). The van der Waals surface area contributed by atoms with E-state index in [4.69, 9.17) is 4.52 Å². The van der Waals surface area contributed by atoms with Gasteiger partial charge in [0.2, 0.25) is 15.9 Å². The van der Waals surface area contributed by atoms with Gasteiger partial charge < -0.3 is 14.3 Å². The molecule has 0 bridgehead atoms. The molecule has 38 heavy (non-hydrogen) atoms. The van der Waals surface area contributed by atoms with Crippen molar-refractivity contribution in [1.29, 1.82) is 0 Å². The van der Waals surface area contributed by atoms with E-state index < -0.39 is 21.8 Å². The molecule has 0 aliphatic carbocycles. The Labute approximate surface area is 222 Å². The molecule has 2 saturated heterocycles. The quantitative estimate of drug-likeness (QED) is 0.471. The van der Waals surface area contributed by atoms with Gasteiger partial charge in [0.25, 0.3) is 0 Å². The Bertz CT molecular complexity index is 1420. The molecule has 0 spiro atoms. The second kappa shape index (κ2) is 11.1. The summed E-state index contributed by atoms with van der Waals surface area (Å²) < 4.78 is 48.1. The molecule has 2 aliphatic rings. The predicted octanol–water partition coefficient (Wildman–Crippen LogP) is 4.04. The zero-order chi connectivity index (χ0) is 26.7. The van der Waals surface area contributed by atoms with Crippen molar-refractivity contribution >= 4 is 33.8 Å². The molecule has 2 aliphatic heterocycles. The van der Waals surface area contributed by atoms with Crippen molar-refractivity contribution in [1.82, 2.24) is 14.4 Å². The van der Waals surface area contributed by atoms with Gasteiger partial charge >= 0.3 is 0 Å². The number of aromatic nitrogens is 1. The first kappa shape index (κ1) is 26.1. The number of rotatable bonds is 6. The number of hydrogen-bond acceptors (Lipinski definition) is 6. The summed E-state index contributed by atoms with van der Waals surface area (Å²) in [6.45, 7) is 4.68. The molecule has 0 saturated carbocycles. The van der Waals surface area contributed by atoms with Crippen LogP contribution in [0.3, 0.4) is 0 Å². The summed E-state index contributed by atoms with van der Waals surface area (Å²) in [5.74, 6) is -0.790. The van der Waals surface area contributed by atoms with Gasteiger partial charge in [-0.25, -0.2) is 12.8 Å². The average Bonchev–Trinajstić information content (AvgIpc) is 3.33. The van der Waals surface area contributed by atoms with Crippen LogP contribution in [0.2, 0.25) is 0 Å². The average molecular weight is 539 g/mol. The summed E-state index contributed by atoms with van der Waals surface area (Å²) >= 11 is 0. The Morgan fingerprint density at radius 3 is 2.45 bits per heavy atom. The molecule has 1 amide bonds. The minimum atomic E-state index is -3.98. The van der Waals surface area contributed by atoms with Crippen LogP contribution in [0.25, 0.3) is 12.2 Å². The lowest BCUT2D eigenvalue weighted by atomic mass is 9.97. The minimum absolute atomic E-state index is 0.000626. The Balaban J connectivity index is 1.28. The lowest BCUT2D eigenvalue weighted by Crippen LogP contribution is -2.53. The normalized spacial score (nSPS) is 19.3. The predicted molar refractivity (Wildman–Crippen MR) is 143 cm³/mol. The topological polar surface area (TPSA) is 87.0 Å². The van der Waals surface area contributed by atoms with E-state index >= 15 is 0 Å². The number of amides is 1. The van der Waals surface area contributed by atoms with Crippen molar-refractivity contribution in [2.24, 2.45) is 5.92 Å². The van der Waals surface area contributed by atoms with Crippen molar-refractivity contribution in [2.75, 3.05) is 44.2 Å². The number of halogens is 1. The van der Waals surface area contributed by atoms with Crippen molar-refractivity contribution in [3.8, 4) is 0 Å². The fourth-order valence-electron chi connectivity index (χ4n) is 5.15. The van der Waals surface area contributed by atoms with Gasteiger partial charge in [0.05, 0.1) is 5.92 Å².